The molecule has 0 spiro atoms. The molecule has 0 aromatic heterocycles. The highest BCUT2D eigenvalue weighted by atomic mass is 19.1. The molecule has 0 bridgehead atoms. The highest BCUT2D eigenvalue weighted by Gasteiger charge is 2.14. The molecule has 3 N–H and O–H groups in total. The minimum Gasteiger partial charge on any atom is -0.408 e. The number of nitrogen functional groups attached to an aromatic ring is 1. The molecule has 1 aliphatic rings. The maximum Gasteiger partial charge on any atom is 0.152 e. The Labute approximate surface area is 81.3 Å². The fraction of sp³-hybridized carbons (Fsp3) is 0.200. The van der Waals surface area contributed by atoms with Gasteiger partial charge >= 0.3 is 0 Å². The van der Waals surface area contributed by atoms with E-state index in [-0.39, 0.29) is 11.7 Å². The molecule has 1 aliphatic heterocycles. The molecule has 0 saturated carbocycles. The molecule has 0 aliphatic carbocycles. The topological polar surface area (TPSA) is 47.3 Å². The molecular formula is C10H11FN2O. The lowest BCUT2D eigenvalue weighted by atomic mass is 10.1. The molecular weight excluding hydrogens is 183 g/mol. The SMILES string of the molecule is CC1C=C(c2ccc(F)c(N)c2)ON1. The monoisotopic (exact) mass is 194 g/mol. The Morgan fingerprint density at radius 1 is 1.50 bits per heavy atom. The van der Waals surface area contributed by atoms with Crippen LogP contribution in [0.5, 0.6) is 0 Å². The van der Waals surface area contributed by atoms with E-state index in [2.05, 4.69) is 5.48 Å². The van der Waals surface area contributed by atoms with E-state index in [0.717, 1.165) is 5.56 Å². The van der Waals surface area contributed by atoms with Crippen molar-refractivity contribution in [2.24, 2.45) is 0 Å². The minimum absolute atomic E-state index is 0.131. The fourth-order valence-corrected chi connectivity index (χ4v) is 1.30. The number of benzene rings is 1. The van der Waals surface area contributed by atoms with Gasteiger partial charge < -0.3 is 10.6 Å². The standard InChI is InChI=1S/C10H11FN2O/c1-6-4-10(14-13-6)7-2-3-8(11)9(12)5-7/h2-6,13H,12H2,1H3. The number of nitrogens with two attached hydrogens (primary N) is 1. The van der Waals surface area contributed by atoms with Crippen molar-refractivity contribution in [2.75, 3.05) is 5.73 Å². The van der Waals surface area contributed by atoms with Crippen LogP contribution in [-0.4, -0.2) is 6.04 Å². The van der Waals surface area contributed by atoms with Gasteiger partial charge in [-0.2, -0.15) is 0 Å². The molecule has 4 heteroatoms. The van der Waals surface area contributed by atoms with E-state index in [4.69, 9.17) is 10.6 Å². The first kappa shape index (κ1) is 9.02. The summed E-state index contributed by atoms with van der Waals surface area (Å²) in [5.74, 6) is 0.276. The summed E-state index contributed by atoms with van der Waals surface area (Å²) in [6.45, 7) is 1.96. The minimum atomic E-state index is -0.409. The van der Waals surface area contributed by atoms with Crippen LogP contribution in [-0.2, 0) is 4.84 Å². The van der Waals surface area contributed by atoms with Gasteiger partial charge in [0.2, 0.25) is 0 Å². The van der Waals surface area contributed by atoms with Crippen LogP contribution in [0.4, 0.5) is 10.1 Å². The predicted octanol–water partition coefficient (Wildman–Crippen LogP) is 1.67. The van der Waals surface area contributed by atoms with Crippen molar-refractivity contribution in [1.82, 2.24) is 5.48 Å². The third-order valence-electron chi connectivity index (χ3n) is 2.04. The van der Waals surface area contributed by atoms with E-state index in [0.29, 0.717) is 5.76 Å². The van der Waals surface area contributed by atoms with Crippen LogP contribution in [0.15, 0.2) is 24.3 Å². The Morgan fingerprint density at radius 3 is 2.86 bits per heavy atom. The average Bonchev–Trinajstić information content (AvgIpc) is 2.57. The quantitative estimate of drug-likeness (QED) is 0.668. The Kier molecular flexibility index (Phi) is 2.13. The van der Waals surface area contributed by atoms with Crippen LogP contribution >= 0.6 is 0 Å². The lowest BCUT2D eigenvalue weighted by Crippen LogP contribution is -2.15. The van der Waals surface area contributed by atoms with Crippen molar-refractivity contribution >= 4 is 11.4 Å². The highest BCUT2D eigenvalue weighted by Crippen LogP contribution is 2.23. The van der Waals surface area contributed by atoms with Crippen LogP contribution in [0, 0.1) is 5.82 Å². The average molecular weight is 194 g/mol. The smallest absolute Gasteiger partial charge is 0.152 e. The van der Waals surface area contributed by atoms with Crippen molar-refractivity contribution in [3.8, 4) is 0 Å². The number of nitrogens with one attached hydrogen (secondary N) is 1. The summed E-state index contributed by atoms with van der Waals surface area (Å²) < 4.78 is 12.9. The van der Waals surface area contributed by atoms with Gasteiger partial charge in [-0.3, -0.25) is 0 Å². The van der Waals surface area contributed by atoms with E-state index in [1.54, 1.807) is 12.1 Å². The number of halogens is 1. The molecule has 1 atom stereocenters. The second-order valence-corrected chi connectivity index (χ2v) is 3.28. The van der Waals surface area contributed by atoms with E-state index >= 15 is 0 Å². The summed E-state index contributed by atoms with van der Waals surface area (Å²) in [5.41, 5.74) is 9.13. The van der Waals surface area contributed by atoms with E-state index < -0.39 is 5.82 Å². The van der Waals surface area contributed by atoms with Gasteiger partial charge in [0.15, 0.2) is 5.76 Å². The van der Waals surface area contributed by atoms with Gasteiger partial charge in [-0.15, -0.1) is 5.48 Å². The lowest BCUT2D eigenvalue weighted by Gasteiger charge is -2.04. The van der Waals surface area contributed by atoms with Gasteiger partial charge in [0.05, 0.1) is 11.7 Å². The summed E-state index contributed by atoms with van der Waals surface area (Å²) in [4.78, 5) is 5.18. The first-order valence-electron chi connectivity index (χ1n) is 4.36. The summed E-state index contributed by atoms with van der Waals surface area (Å²) in [6.07, 6.45) is 1.91. The molecule has 1 aromatic carbocycles. The first-order chi connectivity index (χ1) is 6.66. The van der Waals surface area contributed by atoms with E-state index in [1.807, 2.05) is 13.0 Å². The molecule has 2 rings (SSSR count). The van der Waals surface area contributed by atoms with Gasteiger partial charge in [-0.1, -0.05) is 0 Å². The number of hydroxylamine groups is 1. The highest BCUT2D eigenvalue weighted by molar-refractivity contribution is 5.65. The van der Waals surface area contributed by atoms with Crippen LogP contribution < -0.4 is 11.2 Å². The Bertz CT molecular complexity index is 390. The van der Waals surface area contributed by atoms with Gasteiger partial charge in [-0.25, -0.2) is 4.39 Å². The third kappa shape index (κ3) is 1.56. The number of rotatable bonds is 1. The van der Waals surface area contributed by atoms with Crippen molar-refractivity contribution < 1.29 is 9.23 Å². The maximum absolute atomic E-state index is 12.9. The van der Waals surface area contributed by atoms with E-state index in [9.17, 15) is 4.39 Å². The summed E-state index contributed by atoms with van der Waals surface area (Å²) in [5, 5.41) is 0. The molecule has 1 heterocycles. The molecule has 14 heavy (non-hydrogen) atoms. The van der Waals surface area contributed by atoms with Gasteiger partial charge in [0.1, 0.15) is 5.82 Å². The molecule has 0 fully saturated rings. The second kappa shape index (κ2) is 3.31. The summed E-state index contributed by atoms with van der Waals surface area (Å²) >= 11 is 0. The molecule has 3 nitrogen and oxygen atoms in total. The van der Waals surface area contributed by atoms with Crippen LogP contribution in [0.3, 0.4) is 0 Å². The van der Waals surface area contributed by atoms with Crippen LogP contribution in [0.25, 0.3) is 5.76 Å². The molecule has 0 amide bonds. The second-order valence-electron chi connectivity index (χ2n) is 3.28. The molecule has 0 saturated heterocycles. The van der Waals surface area contributed by atoms with Gasteiger partial charge in [-0.05, 0) is 31.2 Å². The van der Waals surface area contributed by atoms with Crippen LogP contribution in [0.2, 0.25) is 0 Å². The summed E-state index contributed by atoms with van der Waals surface area (Å²) in [6, 6.07) is 4.69. The zero-order chi connectivity index (χ0) is 10.1. The zero-order valence-corrected chi connectivity index (χ0v) is 7.75. The number of hydrogen-bond donors (Lipinski definition) is 2. The Morgan fingerprint density at radius 2 is 2.29 bits per heavy atom. The maximum atomic E-state index is 12.9. The van der Waals surface area contributed by atoms with Crippen molar-refractivity contribution in [3.63, 3.8) is 0 Å². The lowest BCUT2D eigenvalue weighted by molar-refractivity contribution is 0.167. The molecule has 0 radical (unpaired) electrons. The van der Waals surface area contributed by atoms with Gasteiger partial charge in [0, 0.05) is 5.56 Å². The Hall–Kier alpha value is -1.55. The molecule has 1 unspecified atom stereocenters. The number of anilines is 1. The fourth-order valence-electron chi connectivity index (χ4n) is 1.30. The Balaban J connectivity index is 2.34. The summed E-state index contributed by atoms with van der Waals surface area (Å²) in [7, 11) is 0. The van der Waals surface area contributed by atoms with Gasteiger partial charge in [0.25, 0.3) is 0 Å². The predicted molar refractivity (Wildman–Crippen MR) is 52.5 cm³/mol. The van der Waals surface area contributed by atoms with Crippen molar-refractivity contribution in [2.45, 2.75) is 13.0 Å². The largest absolute Gasteiger partial charge is 0.408 e. The van der Waals surface area contributed by atoms with Crippen molar-refractivity contribution in [1.29, 1.82) is 0 Å². The number of hydrogen-bond acceptors (Lipinski definition) is 3. The normalized spacial score (nSPS) is 20.4. The molecule has 1 aromatic rings. The van der Waals surface area contributed by atoms with Crippen LogP contribution in [0.1, 0.15) is 12.5 Å². The molecule has 74 valence electrons. The first-order valence-corrected chi connectivity index (χ1v) is 4.36. The third-order valence-corrected chi connectivity index (χ3v) is 2.04. The van der Waals surface area contributed by atoms with Crippen molar-refractivity contribution in [3.05, 3.63) is 35.7 Å². The van der Waals surface area contributed by atoms with E-state index in [1.165, 1.54) is 6.07 Å². The zero-order valence-electron chi connectivity index (χ0n) is 7.75.